The van der Waals surface area contributed by atoms with Crippen LogP contribution in [0.2, 0.25) is 0 Å². The zero-order valence-electron chi connectivity index (χ0n) is 13.8. The molecule has 4 aromatic rings. The third-order valence-electron chi connectivity index (χ3n) is 3.82. The predicted molar refractivity (Wildman–Crippen MR) is 92.3 cm³/mol. The highest BCUT2D eigenvalue weighted by Crippen LogP contribution is 2.28. The van der Waals surface area contributed by atoms with Crippen LogP contribution in [0.3, 0.4) is 0 Å². The van der Waals surface area contributed by atoms with E-state index < -0.39 is 5.92 Å². The van der Waals surface area contributed by atoms with E-state index in [1.807, 2.05) is 30.3 Å². The van der Waals surface area contributed by atoms with Crippen molar-refractivity contribution in [2.24, 2.45) is 0 Å². The SMILES string of the molecule is CC(F)(F)c1cn2ccc(-c3cnc(Oc4ccccc4)nc3)cc2n1. The van der Waals surface area contributed by atoms with E-state index in [1.54, 1.807) is 35.1 Å². The van der Waals surface area contributed by atoms with Crippen molar-refractivity contribution >= 4 is 5.65 Å². The normalized spacial score (nSPS) is 11.7. The molecule has 0 unspecified atom stereocenters. The van der Waals surface area contributed by atoms with Crippen molar-refractivity contribution in [3.8, 4) is 22.9 Å². The van der Waals surface area contributed by atoms with Crippen molar-refractivity contribution in [1.29, 1.82) is 0 Å². The summed E-state index contributed by atoms with van der Waals surface area (Å²) in [4.78, 5) is 12.4. The Hall–Kier alpha value is -3.35. The van der Waals surface area contributed by atoms with Crippen molar-refractivity contribution in [3.05, 3.63) is 72.9 Å². The Kier molecular flexibility index (Phi) is 3.84. The van der Waals surface area contributed by atoms with E-state index >= 15 is 0 Å². The van der Waals surface area contributed by atoms with Crippen LogP contribution in [0.15, 0.2) is 67.3 Å². The molecule has 3 heterocycles. The van der Waals surface area contributed by atoms with E-state index in [2.05, 4.69) is 15.0 Å². The van der Waals surface area contributed by atoms with E-state index in [0.29, 0.717) is 11.4 Å². The molecule has 0 aliphatic heterocycles. The lowest BCUT2D eigenvalue weighted by Gasteiger charge is -2.05. The van der Waals surface area contributed by atoms with Crippen molar-refractivity contribution in [2.45, 2.75) is 12.8 Å². The first-order valence-corrected chi connectivity index (χ1v) is 7.91. The van der Waals surface area contributed by atoms with Crippen LogP contribution in [0.1, 0.15) is 12.6 Å². The summed E-state index contributed by atoms with van der Waals surface area (Å²) in [5.74, 6) is -2.33. The molecule has 0 amide bonds. The third kappa shape index (κ3) is 3.23. The number of benzene rings is 1. The first-order valence-electron chi connectivity index (χ1n) is 7.91. The average Bonchev–Trinajstić information content (AvgIpc) is 3.07. The van der Waals surface area contributed by atoms with Gasteiger partial charge in [0.25, 0.3) is 5.92 Å². The molecule has 130 valence electrons. The van der Waals surface area contributed by atoms with Crippen molar-refractivity contribution in [1.82, 2.24) is 19.4 Å². The molecule has 0 fully saturated rings. The van der Waals surface area contributed by atoms with Crippen molar-refractivity contribution < 1.29 is 13.5 Å². The second kappa shape index (κ2) is 6.18. The number of nitrogens with zero attached hydrogens (tertiary/aromatic N) is 4. The van der Waals surface area contributed by atoms with Crippen LogP contribution in [0.25, 0.3) is 16.8 Å². The Balaban J connectivity index is 1.61. The first kappa shape index (κ1) is 16.1. The summed E-state index contributed by atoms with van der Waals surface area (Å²) in [5, 5.41) is 0. The Bertz CT molecular complexity index is 1040. The van der Waals surface area contributed by atoms with E-state index in [1.165, 1.54) is 6.20 Å². The Morgan fingerprint density at radius 2 is 1.73 bits per heavy atom. The van der Waals surface area contributed by atoms with Gasteiger partial charge in [-0.05, 0) is 29.8 Å². The molecule has 5 nitrogen and oxygen atoms in total. The minimum atomic E-state index is -2.98. The molecule has 0 bridgehead atoms. The van der Waals surface area contributed by atoms with Crippen LogP contribution in [-0.2, 0) is 5.92 Å². The van der Waals surface area contributed by atoms with Crippen LogP contribution in [-0.4, -0.2) is 19.4 Å². The maximum absolute atomic E-state index is 13.4. The minimum Gasteiger partial charge on any atom is -0.424 e. The summed E-state index contributed by atoms with van der Waals surface area (Å²) in [6.07, 6.45) is 6.25. The second-order valence-electron chi connectivity index (χ2n) is 5.86. The van der Waals surface area contributed by atoms with Gasteiger partial charge >= 0.3 is 6.01 Å². The molecule has 0 aliphatic rings. The zero-order chi connectivity index (χ0) is 18.1. The molecule has 0 radical (unpaired) electrons. The average molecular weight is 352 g/mol. The summed E-state index contributed by atoms with van der Waals surface area (Å²) in [7, 11) is 0. The summed E-state index contributed by atoms with van der Waals surface area (Å²) < 4.78 is 34.0. The van der Waals surface area contributed by atoms with Gasteiger partial charge in [-0.2, -0.15) is 8.78 Å². The summed E-state index contributed by atoms with van der Waals surface area (Å²) in [6, 6.07) is 13.0. The molecule has 26 heavy (non-hydrogen) atoms. The lowest BCUT2D eigenvalue weighted by molar-refractivity contribution is 0.0133. The van der Waals surface area contributed by atoms with Crippen LogP contribution < -0.4 is 4.74 Å². The Morgan fingerprint density at radius 3 is 2.42 bits per heavy atom. The number of pyridine rings is 1. The van der Waals surface area contributed by atoms with Crippen molar-refractivity contribution in [2.75, 3.05) is 0 Å². The highest BCUT2D eigenvalue weighted by Gasteiger charge is 2.27. The minimum absolute atomic E-state index is 0.231. The highest BCUT2D eigenvalue weighted by molar-refractivity contribution is 5.66. The fourth-order valence-electron chi connectivity index (χ4n) is 2.48. The fourth-order valence-corrected chi connectivity index (χ4v) is 2.48. The van der Waals surface area contributed by atoms with Gasteiger partial charge in [0, 0.05) is 37.3 Å². The third-order valence-corrected chi connectivity index (χ3v) is 3.82. The topological polar surface area (TPSA) is 52.3 Å². The lowest BCUT2D eigenvalue weighted by Crippen LogP contribution is -2.06. The molecule has 0 saturated carbocycles. The number of aromatic nitrogens is 4. The van der Waals surface area contributed by atoms with E-state index in [9.17, 15) is 8.78 Å². The largest absolute Gasteiger partial charge is 0.424 e. The van der Waals surface area contributed by atoms with Gasteiger partial charge < -0.3 is 9.14 Å². The van der Waals surface area contributed by atoms with E-state index in [4.69, 9.17) is 4.74 Å². The number of hydrogen-bond acceptors (Lipinski definition) is 4. The van der Waals surface area contributed by atoms with Gasteiger partial charge in [-0.15, -0.1) is 0 Å². The predicted octanol–water partition coefficient (Wildman–Crippen LogP) is 4.70. The number of hydrogen-bond donors (Lipinski definition) is 0. The molecule has 7 heteroatoms. The second-order valence-corrected chi connectivity index (χ2v) is 5.86. The molecular weight excluding hydrogens is 338 g/mol. The number of imidazole rings is 1. The van der Waals surface area contributed by atoms with Gasteiger partial charge in [-0.3, -0.25) is 0 Å². The molecule has 3 aromatic heterocycles. The van der Waals surface area contributed by atoms with Gasteiger partial charge in [0.15, 0.2) is 0 Å². The van der Waals surface area contributed by atoms with Crippen LogP contribution in [0, 0.1) is 0 Å². The monoisotopic (exact) mass is 352 g/mol. The zero-order valence-corrected chi connectivity index (χ0v) is 13.8. The number of ether oxygens (including phenoxy) is 1. The van der Waals surface area contributed by atoms with Crippen LogP contribution in [0.4, 0.5) is 8.78 Å². The lowest BCUT2D eigenvalue weighted by atomic mass is 10.1. The molecule has 4 rings (SSSR count). The number of rotatable bonds is 4. The highest BCUT2D eigenvalue weighted by atomic mass is 19.3. The summed E-state index contributed by atoms with van der Waals surface area (Å²) in [5.41, 5.74) is 1.68. The number of alkyl halides is 2. The van der Waals surface area contributed by atoms with E-state index in [0.717, 1.165) is 18.1 Å². The van der Waals surface area contributed by atoms with Gasteiger partial charge in [0.05, 0.1) is 0 Å². The maximum Gasteiger partial charge on any atom is 0.321 e. The number of halogens is 2. The molecule has 1 aromatic carbocycles. The van der Waals surface area contributed by atoms with Gasteiger partial charge in [-0.25, -0.2) is 15.0 Å². The first-order chi connectivity index (χ1) is 12.5. The van der Waals surface area contributed by atoms with Crippen LogP contribution >= 0.6 is 0 Å². The van der Waals surface area contributed by atoms with E-state index in [-0.39, 0.29) is 11.7 Å². The Morgan fingerprint density at radius 1 is 1.00 bits per heavy atom. The van der Waals surface area contributed by atoms with Crippen molar-refractivity contribution in [3.63, 3.8) is 0 Å². The molecule has 0 atom stereocenters. The van der Waals surface area contributed by atoms with Gasteiger partial charge in [0.2, 0.25) is 0 Å². The molecule has 0 saturated heterocycles. The number of fused-ring (bicyclic) bond motifs is 1. The quantitative estimate of drug-likeness (QED) is 0.534. The van der Waals surface area contributed by atoms with Gasteiger partial charge in [-0.1, -0.05) is 18.2 Å². The smallest absolute Gasteiger partial charge is 0.321 e. The summed E-state index contributed by atoms with van der Waals surface area (Å²) in [6.45, 7) is 0.828. The maximum atomic E-state index is 13.4. The fraction of sp³-hybridized carbons (Fsp3) is 0.105. The van der Waals surface area contributed by atoms with Crippen LogP contribution in [0.5, 0.6) is 11.8 Å². The molecule has 0 aliphatic carbocycles. The number of para-hydroxylation sites is 1. The standard InChI is InChI=1S/C19H14F2N4O/c1-19(20,21)16-12-25-8-7-13(9-17(25)24-16)14-10-22-18(23-11-14)26-15-5-3-2-4-6-15/h2-12H,1H3. The molecule has 0 spiro atoms. The van der Waals surface area contributed by atoms with Gasteiger partial charge in [0.1, 0.15) is 17.1 Å². The molecule has 0 N–H and O–H groups in total. The Labute approximate surface area is 147 Å². The molecular formula is C19H14F2N4O. The summed E-state index contributed by atoms with van der Waals surface area (Å²) >= 11 is 0.